The van der Waals surface area contributed by atoms with Gasteiger partial charge in [-0.05, 0) is 193 Å². The number of rotatable bonds is 13. The van der Waals surface area contributed by atoms with Gasteiger partial charge in [-0.25, -0.2) is 8.42 Å². The van der Waals surface area contributed by atoms with Crippen LogP contribution in [0.5, 0.6) is 0 Å². The van der Waals surface area contributed by atoms with Crippen LogP contribution in [0.25, 0.3) is 0 Å². The van der Waals surface area contributed by atoms with Crippen LogP contribution in [0.2, 0.25) is 0 Å². The molecule has 0 aromatic heterocycles. The fourth-order valence-electron chi connectivity index (χ4n) is 13.2. The largest absolute Gasteiger partial charge is 1.00 e. The fourth-order valence-corrected chi connectivity index (χ4v) is 13.9. The zero-order chi connectivity index (χ0) is 97.1. The average molecular weight is 1970 g/mol. The second-order valence-electron chi connectivity index (χ2n) is 40.4. The van der Waals surface area contributed by atoms with E-state index in [1.165, 1.54) is 27.8 Å². The molecule has 0 aliphatic carbocycles. The van der Waals surface area contributed by atoms with Crippen LogP contribution in [0.1, 0.15) is 333 Å². The minimum absolute atomic E-state index is 0. The predicted molar refractivity (Wildman–Crippen MR) is 517 cm³/mol. The topological polar surface area (TPSA) is 294 Å². The Hall–Kier alpha value is -4.97. The Morgan fingerprint density at radius 1 is 0.371 bits per heavy atom. The molecule has 6 aliphatic heterocycles. The summed E-state index contributed by atoms with van der Waals surface area (Å²) in [4.78, 5) is 21.9. The maximum absolute atomic E-state index is 11.0. The summed E-state index contributed by atoms with van der Waals surface area (Å²) in [6, 6.07) is 49.8. The number of aliphatic hydroxyl groups excluding tert-OH is 1. The third-order valence-electron chi connectivity index (χ3n) is 21.2. The Kier molecular flexibility index (Phi) is 51.4. The first-order chi connectivity index (χ1) is 59.9. The molecule has 132 heavy (non-hydrogen) atoms. The number of carbonyl (C=O) groups excluding carboxylic acids is 2. The van der Waals surface area contributed by atoms with Gasteiger partial charge < -0.3 is 75.2 Å². The van der Waals surface area contributed by atoms with Gasteiger partial charge in [-0.2, -0.15) is 15.8 Å². The Morgan fingerprint density at radius 3 is 0.848 bits per heavy atom. The average Bonchev–Trinajstić information content (AvgIpc) is 0.862. The van der Waals surface area contributed by atoms with Crippen LogP contribution in [0.4, 0.5) is 0 Å². The standard InChI is InChI=1S/C17H23NO2.C15H19NO2.C15H19NO.C14H19ClO2.C14H20O3.C14H18O3.C13H17BrO2.CH3ClO2S.CN.B.K.Na.H/c1-16(2,3)13-8-12(15-19-6-7-20-15)9-14(10-13)17(4,5)11-18;1-15(2,3)13-9-11(4-5-16)8-12(10-13)14-17-6-7-18-14;1-14(2,3)12-6-11(9-17)7-13(8-12)15(4,5)10-16;3*1-14(2,3)12-7-10(9-15)6-11(8-12)13-16-4-5-17-13;1-13(2,3)10-6-9(7-11(14)8-10)12-15-4-5-16-12;1-5(2,3)4;1-2;;;;/h8-10,15H,6-7H2,1-5H3;8-10,14H,4,6-7H2,1-3H3;6-9H,1-5H3;6-8,13H,4-5,9H2,1-3H3;6-8,13,15H,4-5,9H2,1-3H3;6-9,13H,4-5H2,1-3H3;6-8,12H,4-5H2,1-3H3;1H3;;;;;/q;;;;;;;;-1;;2*+1;-1. The molecule has 709 valence electrons. The molecule has 3 radical (unpaired) electrons. The van der Waals surface area contributed by atoms with Crippen LogP contribution in [0.15, 0.2) is 132 Å². The molecule has 0 bridgehead atoms. The van der Waals surface area contributed by atoms with Crippen molar-refractivity contribution in [1.29, 1.82) is 21.0 Å². The van der Waals surface area contributed by atoms with Gasteiger partial charge in [0.15, 0.2) is 37.7 Å². The van der Waals surface area contributed by atoms with Crippen molar-refractivity contribution in [3.63, 3.8) is 0 Å². The molecule has 6 heterocycles. The summed E-state index contributed by atoms with van der Waals surface area (Å²) >= 11 is 9.49. The van der Waals surface area contributed by atoms with Crippen molar-refractivity contribution in [3.05, 3.63) is 250 Å². The first kappa shape index (κ1) is 123. The first-order valence-electron chi connectivity index (χ1n) is 43.4. The van der Waals surface area contributed by atoms with Gasteiger partial charge in [0, 0.05) is 74.0 Å². The van der Waals surface area contributed by atoms with Gasteiger partial charge in [0.2, 0.25) is 9.05 Å². The molecule has 1 N–H and O–H groups in total. The van der Waals surface area contributed by atoms with Crippen molar-refractivity contribution in [1.82, 2.24) is 0 Å². The molecule has 28 heteroatoms. The smallest absolute Gasteiger partial charge is 1.00 e. The number of aliphatic hydroxyl groups is 1. The van der Waals surface area contributed by atoms with Gasteiger partial charge in [0.25, 0.3) is 0 Å². The van der Waals surface area contributed by atoms with Crippen molar-refractivity contribution >= 4 is 68.2 Å². The van der Waals surface area contributed by atoms with Crippen LogP contribution >= 0.6 is 38.2 Å². The molecule has 13 rings (SSSR count). The number of aldehydes is 2. The predicted octanol–water partition coefficient (Wildman–Crippen LogP) is 17.5. The van der Waals surface area contributed by atoms with E-state index in [0.717, 1.165) is 95.6 Å². The fraction of sp³-hybridized carbons (Fsp3) is 0.538. The Labute approximate surface area is 874 Å². The first-order valence-corrected chi connectivity index (χ1v) is 47.5. The van der Waals surface area contributed by atoms with Crippen molar-refractivity contribution < 1.29 is 162 Å². The van der Waals surface area contributed by atoms with Gasteiger partial charge in [-0.3, -0.25) is 9.59 Å². The molecule has 6 fully saturated rings. The number of hydrogen-bond acceptors (Lipinski definition) is 21. The van der Waals surface area contributed by atoms with E-state index in [0.29, 0.717) is 103 Å². The molecule has 0 atom stereocenters. The molecule has 6 saturated heterocycles. The zero-order valence-electron chi connectivity index (χ0n) is 84.2. The van der Waals surface area contributed by atoms with Gasteiger partial charge in [0.05, 0.1) is 128 Å². The van der Waals surface area contributed by atoms with Crippen LogP contribution in [0.3, 0.4) is 0 Å². The number of carbonyl (C=O) groups is 2. The Balaban J connectivity index is 0.000000763. The van der Waals surface area contributed by atoms with Crippen molar-refractivity contribution in [3.8, 4) is 18.2 Å². The summed E-state index contributed by atoms with van der Waals surface area (Å²) < 4.78 is 86.2. The molecule has 0 amide bonds. The zero-order valence-corrected chi connectivity index (χ0v) is 92.3. The number of nitrogens with zero attached hydrogens (tertiary/aromatic N) is 4. The van der Waals surface area contributed by atoms with E-state index in [-0.39, 0.29) is 173 Å². The summed E-state index contributed by atoms with van der Waals surface area (Å²) in [5.41, 5.74) is 20.0. The molecule has 6 aliphatic rings. The molecule has 0 spiro atoms. The maximum Gasteiger partial charge on any atom is 1.00 e. The number of alkyl halides is 1. The Bertz CT molecular complexity index is 4990. The van der Waals surface area contributed by atoms with E-state index in [1.807, 2.05) is 76.2 Å². The quantitative estimate of drug-likeness (QED) is 0.0369. The molecule has 0 unspecified atom stereocenters. The summed E-state index contributed by atoms with van der Waals surface area (Å²) in [6.45, 7) is 65.5. The third kappa shape index (κ3) is 41.2. The summed E-state index contributed by atoms with van der Waals surface area (Å²) in [5.74, 6) is 0.518. The Morgan fingerprint density at radius 2 is 0.576 bits per heavy atom. The van der Waals surface area contributed by atoms with E-state index in [9.17, 15) is 28.4 Å². The molecule has 0 saturated carbocycles. The summed E-state index contributed by atoms with van der Waals surface area (Å²) in [7, 11) is 1.31. The monoisotopic (exact) mass is 1970 g/mol. The van der Waals surface area contributed by atoms with E-state index in [4.69, 9.17) is 90.8 Å². The van der Waals surface area contributed by atoms with E-state index in [1.54, 1.807) is 6.07 Å². The normalized spacial score (nSPS) is 15.9. The number of halogens is 3. The van der Waals surface area contributed by atoms with Crippen LogP contribution in [0, 0.1) is 45.8 Å². The van der Waals surface area contributed by atoms with Crippen molar-refractivity contribution in [2.75, 3.05) is 85.5 Å². The van der Waals surface area contributed by atoms with Crippen molar-refractivity contribution in [2.24, 2.45) is 0 Å². The van der Waals surface area contributed by atoms with Crippen LogP contribution in [-0.2, 0) is 134 Å². The summed E-state index contributed by atoms with van der Waals surface area (Å²) in [6.07, 6.45) is 1.46. The number of nitriles is 3. The van der Waals surface area contributed by atoms with Gasteiger partial charge in [-0.1, -0.05) is 228 Å². The molecule has 21 nitrogen and oxygen atoms in total. The van der Waals surface area contributed by atoms with Crippen molar-refractivity contribution in [2.45, 2.75) is 278 Å². The SMILES string of the molecule is CC(C)(C)c1cc(Br)cc(C2OCCO2)c1.CC(C)(C)c1cc(C2OCCO2)cc(C(C)(C)C#N)c1.CC(C)(C)c1cc(C=O)cc(C(C)(C)C#N)c1.CC(C)(C)c1cc(C=O)cc(C2OCCO2)c1.CC(C)(C)c1cc(CC#N)cc(C2OCCO2)c1.CC(C)(C)c1cc(CCl)cc(C2OCCO2)c1.CC(C)(C)c1cc(CO)cc(C2OCCO2)c1.CS(=O)(=O)Cl.[B].[C-]#N.[H-].[K+].[Na+]. The van der Waals surface area contributed by atoms with Crippen LogP contribution in [-0.4, -0.2) is 120 Å². The van der Waals surface area contributed by atoms with Gasteiger partial charge in [0.1, 0.15) is 12.6 Å². The summed E-state index contributed by atoms with van der Waals surface area (Å²) in [5, 5.41) is 43.0. The van der Waals surface area contributed by atoms with E-state index >= 15 is 0 Å². The molecule has 7 aromatic rings. The number of benzene rings is 7. The minimum atomic E-state index is -3.19. The number of hydrogen-bond donors (Lipinski definition) is 1. The van der Waals surface area contributed by atoms with Gasteiger partial charge in [-0.15, -0.1) is 11.6 Å². The molecular formula is C104H139BBrCl2KN4NaO17S. The van der Waals surface area contributed by atoms with Crippen LogP contribution < -0.4 is 80.9 Å². The minimum Gasteiger partial charge on any atom is -1.00 e. The molecular weight excluding hydrogens is 1830 g/mol. The van der Waals surface area contributed by atoms with Gasteiger partial charge >= 0.3 is 80.9 Å². The van der Waals surface area contributed by atoms with E-state index < -0.39 is 19.9 Å². The third-order valence-corrected chi connectivity index (χ3v) is 21.9. The maximum atomic E-state index is 11.0. The van der Waals surface area contributed by atoms with E-state index in [2.05, 4.69) is 263 Å². The second kappa shape index (κ2) is 55.1. The number of ether oxygens (including phenoxy) is 12. The molecule has 7 aromatic carbocycles. The second-order valence-corrected chi connectivity index (χ2v) is 44.7.